The zero-order chi connectivity index (χ0) is 13.9. The molecule has 2 N–H and O–H groups in total. The summed E-state index contributed by atoms with van der Waals surface area (Å²) < 4.78 is 5.56. The average molecular weight is 268 g/mol. The Morgan fingerprint density at radius 3 is 2.58 bits per heavy atom. The SMILES string of the molecule is CC(C)(C)C1CCCN(C(CN)C2CCOC2)CC1. The fourth-order valence-corrected chi connectivity index (χ4v) is 3.81. The normalized spacial score (nSPS) is 32.2. The lowest BCUT2D eigenvalue weighted by atomic mass is 9.77. The lowest BCUT2D eigenvalue weighted by Gasteiger charge is -2.34. The fraction of sp³-hybridized carbons (Fsp3) is 1.00. The lowest BCUT2D eigenvalue weighted by molar-refractivity contribution is 0.120. The molecule has 0 bridgehead atoms. The van der Waals surface area contributed by atoms with Gasteiger partial charge in [-0.1, -0.05) is 20.8 Å². The van der Waals surface area contributed by atoms with Crippen LogP contribution in [0.2, 0.25) is 0 Å². The van der Waals surface area contributed by atoms with Gasteiger partial charge in [-0.25, -0.2) is 0 Å². The summed E-state index contributed by atoms with van der Waals surface area (Å²) >= 11 is 0. The van der Waals surface area contributed by atoms with Crippen molar-refractivity contribution in [2.75, 3.05) is 32.8 Å². The lowest BCUT2D eigenvalue weighted by Crippen LogP contribution is -2.46. The second-order valence-corrected chi connectivity index (χ2v) is 7.46. The molecular formula is C16H32N2O. The van der Waals surface area contributed by atoms with Crippen molar-refractivity contribution < 1.29 is 4.74 Å². The summed E-state index contributed by atoms with van der Waals surface area (Å²) in [5.74, 6) is 1.52. The van der Waals surface area contributed by atoms with Gasteiger partial charge in [0.05, 0.1) is 6.61 Å². The van der Waals surface area contributed by atoms with E-state index < -0.39 is 0 Å². The zero-order valence-corrected chi connectivity index (χ0v) is 13.0. The Bertz CT molecular complexity index is 268. The first-order valence-corrected chi connectivity index (χ1v) is 8.04. The van der Waals surface area contributed by atoms with E-state index >= 15 is 0 Å². The van der Waals surface area contributed by atoms with E-state index in [4.69, 9.17) is 10.5 Å². The van der Waals surface area contributed by atoms with Gasteiger partial charge in [-0.2, -0.15) is 0 Å². The van der Waals surface area contributed by atoms with E-state index in [1.165, 1.54) is 38.8 Å². The molecule has 2 aliphatic rings. The number of rotatable bonds is 3. The minimum atomic E-state index is 0.449. The maximum atomic E-state index is 6.06. The first-order valence-electron chi connectivity index (χ1n) is 8.04. The van der Waals surface area contributed by atoms with E-state index in [1.807, 2.05) is 0 Å². The van der Waals surface area contributed by atoms with Crippen molar-refractivity contribution in [3.8, 4) is 0 Å². The van der Waals surface area contributed by atoms with Gasteiger partial charge < -0.3 is 10.5 Å². The largest absolute Gasteiger partial charge is 0.381 e. The first kappa shape index (κ1) is 15.3. The smallest absolute Gasteiger partial charge is 0.0510 e. The maximum Gasteiger partial charge on any atom is 0.0510 e. The Morgan fingerprint density at radius 2 is 2.00 bits per heavy atom. The third-order valence-corrected chi connectivity index (χ3v) is 5.21. The Balaban J connectivity index is 1.93. The molecule has 0 saturated carbocycles. The van der Waals surface area contributed by atoms with E-state index in [0.717, 1.165) is 25.7 Å². The predicted molar refractivity (Wildman–Crippen MR) is 80.1 cm³/mol. The van der Waals surface area contributed by atoms with E-state index in [2.05, 4.69) is 25.7 Å². The molecular weight excluding hydrogens is 236 g/mol. The molecule has 3 unspecified atom stereocenters. The molecule has 0 radical (unpaired) electrons. The minimum absolute atomic E-state index is 0.449. The van der Waals surface area contributed by atoms with Crippen molar-refractivity contribution in [2.45, 2.75) is 52.5 Å². The molecule has 2 rings (SSSR count). The van der Waals surface area contributed by atoms with Crippen LogP contribution in [0.1, 0.15) is 46.5 Å². The quantitative estimate of drug-likeness (QED) is 0.854. The Kier molecular flexibility index (Phi) is 5.27. The van der Waals surface area contributed by atoms with Crippen LogP contribution < -0.4 is 5.73 Å². The Hall–Kier alpha value is -0.120. The van der Waals surface area contributed by atoms with Gasteiger partial charge in [0.25, 0.3) is 0 Å². The highest BCUT2D eigenvalue weighted by Crippen LogP contribution is 2.35. The third kappa shape index (κ3) is 3.93. The third-order valence-electron chi connectivity index (χ3n) is 5.21. The van der Waals surface area contributed by atoms with Crippen molar-refractivity contribution in [3.05, 3.63) is 0 Å². The molecule has 19 heavy (non-hydrogen) atoms. The highest BCUT2D eigenvalue weighted by Gasteiger charge is 2.33. The van der Waals surface area contributed by atoms with E-state index in [1.54, 1.807) is 0 Å². The summed E-state index contributed by atoms with van der Waals surface area (Å²) in [6, 6.07) is 0.543. The average Bonchev–Trinajstić information content (AvgIpc) is 2.73. The molecule has 0 aliphatic carbocycles. The van der Waals surface area contributed by atoms with Crippen LogP contribution in [0.15, 0.2) is 0 Å². The molecule has 112 valence electrons. The van der Waals surface area contributed by atoms with Gasteiger partial charge in [0.15, 0.2) is 0 Å². The molecule has 3 heteroatoms. The van der Waals surface area contributed by atoms with Gasteiger partial charge in [-0.15, -0.1) is 0 Å². The van der Waals surface area contributed by atoms with Crippen LogP contribution in [0.4, 0.5) is 0 Å². The second-order valence-electron chi connectivity index (χ2n) is 7.46. The van der Waals surface area contributed by atoms with Crippen LogP contribution in [0.5, 0.6) is 0 Å². The van der Waals surface area contributed by atoms with Gasteiger partial charge in [-0.3, -0.25) is 4.90 Å². The number of hydrogen-bond donors (Lipinski definition) is 1. The van der Waals surface area contributed by atoms with Gasteiger partial charge in [-0.05, 0) is 50.1 Å². The van der Waals surface area contributed by atoms with E-state index in [-0.39, 0.29) is 0 Å². The monoisotopic (exact) mass is 268 g/mol. The van der Waals surface area contributed by atoms with Crippen molar-refractivity contribution in [1.29, 1.82) is 0 Å². The van der Waals surface area contributed by atoms with Crippen molar-refractivity contribution >= 4 is 0 Å². The van der Waals surface area contributed by atoms with Gasteiger partial charge >= 0.3 is 0 Å². The topological polar surface area (TPSA) is 38.5 Å². The Labute approximate surface area is 118 Å². The van der Waals surface area contributed by atoms with Crippen LogP contribution >= 0.6 is 0 Å². The summed E-state index contributed by atoms with van der Waals surface area (Å²) in [6.07, 6.45) is 5.22. The molecule has 0 aromatic rings. The highest BCUT2D eigenvalue weighted by atomic mass is 16.5. The first-order chi connectivity index (χ1) is 9.02. The van der Waals surface area contributed by atoms with Crippen LogP contribution in [-0.2, 0) is 4.74 Å². The van der Waals surface area contributed by atoms with E-state index in [0.29, 0.717) is 17.4 Å². The number of nitrogens with zero attached hydrogens (tertiary/aromatic N) is 1. The van der Waals surface area contributed by atoms with Crippen molar-refractivity contribution in [1.82, 2.24) is 4.90 Å². The molecule has 3 nitrogen and oxygen atoms in total. The molecule has 3 atom stereocenters. The standard InChI is InChI=1S/C16H32N2O/c1-16(2,3)14-5-4-8-18(9-6-14)15(11-17)13-7-10-19-12-13/h13-15H,4-12,17H2,1-3H3. The van der Waals surface area contributed by atoms with E-state index in [9.17, 15) is 0 Å². The molecule has 2 heterocycles. The molecule has 2 fully saturated rings. The summed E-state index contributed by atoms with van der Waals surface area (Å²) in [7, 11) is 0. The van der Waals surface area contributed by atoms with Gasteiger partial charge in [0.2, 0.25) is 0 Å². The molecule has 0 aromatic carbocycles. The van der Waals surface area contributed by atoms with Crippen LogP contribution in [0, 0.1) is 17.3 Å². The summed E-state index contributed by atoms with van der Waals surface area (Å²) in [4.78, 5) is 2.66. The minimum Gasteiger partial charge on any atom is -0.381 e. The zero-order valence-electron chi connectivity index (χ0n) is 13.0. The Morgan fingerprint density at radius 1 is 1.21 bits per heavy atom. The van der Waals surface area contributed by atoms with Crippen LogP contribution in [-0.4, -0.2) is 43.8 Å². The predicted octanol–water partition coefficient (Wildman–Crippen LogP) is 2.50. The fourth-order valence-electron chi connectivity index (χ4n) is 3.81. The molecule has 2 aliphatic heterocycles. The molecule has 2 saturated heterocycles. The molecule has 0 spiro atoms. The van der Waals surface area contributed by atoms with Crippen molar-refractivity contribution in [3.63, 3.8) is 0 Å². The summed E-state index contributed by atoms with van der Waals surface area (Å²) in [5.41, 5.74) is 6.51. The van der Waals surface area contributed by atoms with Crippen LogP contribution in [0.25, 0.3) is 0 Å². The van der Waals surface area contributed by atoms with Gasteiger partial charge in [0, 0.05) is 25.1 Å². The van der Waals surface area contributed by atoms with Crippen molar-refractivity contribution in [2.24, 2.45) is 23.0 Å². The number of nitrogens with two attached hydrogens (primary N) is 1. The molecule has 0 aromatic heterocycles. The summed E-state index contributed by atoms with van der Waals surface area (Å²) in [6.45, 7) is 12.2. The van der Waals surface area contributed by atoms with Gasteiger partial charge in [0.1, 0.15) is 0 Å². The molecule has 0 amide bonds. The number of hydrogen-bond acceptors (Lipinski definition) is 3. The number of ether oxygens (including phenoxy) is 1. The maximum absolute atomic E-state index is 6.06. The highest BCUT2D eigenvalue weighted by molar-refractivity contribution is 4.86. The summed E-state index contributed by atoms with van der Waals surface area (Å²) in [5, 5.41) is 0. The van der Waals surface area contributed by atoms with Crippen LogP contribution in [0.3, 0.4) is 0 Å². The number of likely N-dealkylation sites (tertiary alicyclic amines) is 1. The second kappa shape index (κ2) is 6.55.